The third-order valence-electron chi connectivity index (χ3n) is 3.04. The Morgan fingerprint density at radius 2 is 2.05 bits per heavy atom. The topological polar surface area (TPSA) is 72.5 Å². The molecule has 1 heterocycles. The van der Waals surface area contributed by atoms with Crippen LogP contribution < -0.4 is 15.8 Å². The van der Waals surface area contributed by atoms with Gasteiger partial charge < -0.3 is 15.8 Å². The summed E-state index contributed by atoms with van der Waals surface area (Å²) in [5, 5.41) is 4.15. The molecule has 2 aromatic rings. The monoisotopic (exact) mass is 304 g/mol. The van der Waals surface area contributed by atoms with Crippen LogP contribution in [-0.4, -0.2) is 24.6 Å². The molecule has 0 fully saturated rings. The van der Waals surface area contributed by atoms with Crippen LogP contribution in [0, 0.1) is 13.8 Å². The zero-order valence-electron chi connectivity index (χ0n) is 12.5. The molecule has 0 saturated heterocycles. The van der Waals surface area contributed by atoms with Crippen molar-refractivity contribution in [3.8, 4) is 5.75 Å². The van der Waals surface area contributed by atoms with Crippen LogP contribution in [0.4, 0.5) is 5.69 Å². The second-order valence-electron chi connectivity index (χ2n) is 4.62. The SMILES string of the molecule is COc1ccc(NC(N)=NCCc2nc(C)c(C)s2)cc1. The summed E-state index contributed by atoms with van der Waals surface area (Å²) in [4.78, 5) is 10.1. The number of hydrogen-bond donors (Lipinski definition) is 2. The lowest BCUT2D eigenvalue weighted by Gasteiger charge is -2.06. The summed E-state index contributed by atoms with van der Waals surface area (Å²) >= 11 is 1.72. The van der Waals surface area contributed by atoms with Crippen LogP contribution >= 0.6 is 11.3 Å². The maximum Gasteiger partial charge on any atom is 0.193 e. The molecular formula is C15H20N4OS. The first-order valence-electron chi connectivity index (χ1n) is 6.72. The van der Waals surface area contributed by atoms with Crippen LogP contribution in [0.3, 0.4) is 0 Å². The molecule has 0 saturated carbocycles. The number of guanidine groups is 1. The molecule has 0 unspecified atom stereocenters. The number of ether oxygens (including phenoxy) is 1. The Bertz CT molecular complexity index is 600. The van der Waals surface area contributed by atoms with Gasteiger partial charge in [-0.1, -0.05) is 0 Å². The van der Waals surface area contributed by atoms with E-state index in [1.165, 1.54) is 4.88 Å². The normalized spacial score (nSPS) is 11.5. The predicted octanol–water partition coefficient (Wildman–Crippen LogP) is 2.74. The van der Waals surface area contributed by atoms with E-state index in [2.05, 4.69) is 22.2 Å². The highest BCUT2D eigenvalue weighted by Gasteiger charge is 2.03. The summed E-state index contributed by atoms with van der Waals surface area (Å²) in [6.45, 7) is 4.74. The van der Waals surface area contributed by atoms with Crippen molar-refractivity contribution in [3.05, 3.63) is 39.8 Å². The fourth-order valence-electron chi connectivity index (χ4n) is 1.78. The van der Waals surface area contributed by atoms with Crippen LogP contribution in [0.2, 0.25) is 0 Å². The van der Waals surface area contributed by atoms with Gasteiger partial charge in [0, 0.05) is 23.5 Å². The Morgan fingerprint density at radius 3 is 2.62 bits per heavy atom. The minimum atomic E-state index is 0.408. The Balaban J connectivity index is 1.85. The maximum absolute atomic E-state index is 5.87. The number of nitrogens with one attached hydrogen (secondary N) is 1. The fraction of sp³-hybridized carbons (Fsp3) is 0.333. The Kier molecular flexibility index (Phi) is 5.16. The molecule has 0 amide bonds. The van der Waals surface area contributed by atoms with E-state index in [1.54, 1.807) is 18.4 Å². The summed E-state index contributed by atoms with van der Waals surface area (Å²) < 4.78 is 5.10. The number of hydrogen-bond acceptors (Lipinski definition) is 4. The van der Waals surface area contributed by atoms with Crippen LogP contribution in [0.25, 0.3) is 0 Å². The molecule has 0 atom stereocenters. The largest absolute Gasteiger partial charge is 0.497 e. The predicted molar refractivity (Wildman–Crippen MR) is 88.4 cm³/mol. The van der Waals surface area contributed by atoms with Crippen molar-refractivity contribution in [1.29, 1.82) is 0 Å². The maximum atomic E-state index is 5.87. The molecule has 0 bridgehead atoms. The fourth-order valence-corrected chi connectivity index (χ4v) is 2.70. The second kappa shape index (κ2) is 7.08. The van der Waals surface area contributed by atoms with E-state index < -0.39 is 0 Å². The number of aliphatic imine (C=N–C) groups is 1. The van der Waals surface area contributed by atoms with E-state index in [0.717, 1.165) is 28.6 Å². The number of aryl methyl sites for hydroxylation is 2. The Labute approximate surface area is 128 Å². The lowest BCUT2D eigenvalue weighted by Crippen LogP contribution is -2.23. The molecule has 21 heavy (non-hydrogen) atoms. The van der Waals surface area contributed by atoms with E-state index >= 15 is 0 Å². The van der Waals surface area contributed by atoms with Gasteiger partial charge in [0.25, 0.3) is 0 Å². The van der Waals surface area contributed by atoms with Gasteiger partial charge in [0.1, 0.15) is 5.75 Å². The molecule has 1 aromatic heterocycles. The highest BCUT2D eigenvalue weighted by Crippen LogP contribution is 2.17. The smallest absolute Gasteiger partial charge is 0.193 e. The molecule has 0 aliphatic rings. The third-order valence-corrected chi connectivity index (χ3v) is 4.18. The number of nitrogens with two attached hydrogens (primary N) is 1. The number of thiazole rings is 1. The van der Waals surface area contributed by atoms with Gasteiger partial charge in [-0.3, -0.25) is 4.99 Å². The van der Waals surface area contributed by atoms with E-state index in [-0.39, 0.29) is 0 Å². The molecule has 0 aliphatic carbocycles. The highest BCUT2D eigenvalue weighted by molar-refractivity contribution is 7.11. The number of nitrogens with zero attached hydrogens (tertiary/aromatic N) is 2. The van der Waals surface area contributed by atoms with Crippen molar-refractivity contribution in [2.24, 2.45) is 10.7 Å². The van der Waals surface area contributed by atoms with Crippen LogP contribution in [0.15, 0.2) is 29.3 Å². The second-order valence-corrected chi connectivity index (χ2v) is 5.91. The number of methoxy groups -OCH3 is 1. The molecule has 6 heteroatoms. The van der Waals surface area contributed by atoms with Crippen molar-refractivity contribution < 1.29 is 4.74 Å². The first-order valence-corrected chi connectivity index (χ1v) is 7.54. The molecule has 0 aliphatic heterocycles. The number of benzene rings is 1. The minimum Gasteiger partial charge on any atom is -0.497 e. The van der Waals surface area contributed by atoms with Crippen LogP contribution in [-0.2, 0) is 6.42 Å². The van der Waals surface area contributed by atoms with Crippen molar-refractivity contribution in [1.82, 2.24) is 4.98 Å². The number of rotatable bonds is 5. The highest BCUT2D eigenvalue weighted by atomic mass is 32.1. The standard InChI is InChI=1S/C15H20N4OS/c1-10-11(2)21-14(18-10)8-9-17-15(16)19-12-4-6-13(20-3)7-5-12/h4-7H,8-9H2,1-3H3,(H3,16,17,19). The average molecular weight is 304 g/mol. The lowest BCUT2D eigenvalue weighted by molar-refractivity contribution is 0.415. The minimum absolute atomic E-state index is 0.408. The summed E-state index contributed by atoms with van der Waals surface area (Å²) in [7, 11) is 1.64. The average Bonchev–Trinajstić information content (AvgIpc) is 2.78. The first kappa shape index (κ1) is 15.3. The van der Waals surface area contributed by atoms with Crippen molar-refractivity contribution in [2.75, 3.05) is 19.0 Å². The zero-order valence-corrected chi connectivity index (χ0v) is 13.3. The first-order chi connectivity index (χ1) is 10.1. The molecule has 0 spiro atoms. The quantitative estimate of drug-likeness (QED) is 0.658. The molecule has 112 valence electrons. The Hall–Kier alpha value is -2.08. The van der Waals surface area contributed by atoms with E-state index in [1.807, 2.05) is 31.2 Å². The van der Waals surface area contributed by atoms with Gasteiger partial charge in [0.05, 0.1) is 17.8 Å². The van der Waals surface area contributed by atoms with Gasteiger partial charge in [-0.2, -0.15) is 0 Å². The van der Waals surface area contributed by atoms with E-state index in [4.69, 9.17) is 10.5 Å². The summed E-state index contributed by atoms with van der Waals surface area (Å²) in [6.07, 6.45) is 0.810. The summed E-state index contributed by atoms with van der Waals surface area (Å²) in [6, 6.07) is 7.54. The number of anilines is 1. The van der Waals surface area contributed by atoms with Gasteiger partial charge in [-0.25, -0.2) is 4.98 Å². The molecule has 1 aromatic carbocycles. The lowest BCUT2D eigenvalue weighted by atomic mass is 10.3. The van der Waals surface area contributed by atoms with E-state index in [0.29, 0.717) is 12.5 Å². The summed E-state index contributed by atoms with van der Waals surface area (Å²) in [5.74, 6) is 1.22. The third kappa shape index (κ3) is 4.46. The van der Waals surface area contributed by atoms with E-state index in [9.17, 15) is 0 Å². The van der Waals surface area contributed by atoms with Crippen molar-refractivity contribution >= 4 is 23.0 Å². The molecule has 5 nitrogen and oxygen atoms in total. The van der Waals surface area contributed by atoms with Crippen molar-refractivity contribution in [3.63, 3.8) is 0 Å². The molecular weight excluding hydrogens is 284 g/mol. The van der Waals surface area contributed by atoms with Crippen LogP contribution in [0.5, 0.6) is 5.75 Å². The number of aromatic nitrogens is 1. The van der Waals surface area contributed by atoms with Gasteiger partial charge in [0.2, 0.25) is 0 Å². The van der Waals surface area contributed by atoms with Gasteiger partial charge in [0.15, 0.2) is 5.96 Å². The van der Waals surface area contributed by atoms with Gasteiger partial charge >= 0.3 is 0 Å². The van der Waals surface area contributed by atoms with Crippen molar-refractivity contribution in [2.45, 2.75) is 20.3 Å². The van der Waals surface area contributed by atoms with Gasteiger partial charge in [-0.05, 0) is 38.1 Å². The molecule has 2 rings (SSSR count). The molecule has 0 radical (unpaired) electrons. The van der Waals surface area contributed by atoms with Crippen LogP contribution in [0.1, 0.15) is 15.6 Å². The zero-order chi connectivity index (χ0) is 15.2. The summed E-state index contributed by atoms with van der Waals surface area (Å²) in [5.41, 5.74) is 7.85. The molecule has 3 N–H and O–H groups in total. The Morgan fingerprint density at radius 1 is 1.33 bits per heavy atom. The van der Waals surface area contributed by atoms with Gasteiger partial charge in [-0.15, -0.1) is 11.3 Å².